The molecule has 10 heteroatoms. The SMILES string of the molecule is CCCCC[C@H](O)CC[C@@H]1[C@H]2Cc3cccc(OCC(=O)O)c3C[C@H]2C[C@H]1OC(=O)NC(C)(C)C(=O)CCCNCCS. The average Bonchev–Trinajstić information content (AvgIpc) is 3.28. The molecule has 2 aliphatic carbocycles. The maximum absolute atomic E-state index is 13.2. The summed E-state index contributed by atoms with van der Waals surface area (Å²) < 4.78 is 11.7. The van der Waals surface area contributed by atoms with Crippen LogP contribution in [0.3, 0.4) is 0 Å². The van der Waals surface area contributed by atoms with Crippen LogP contribution in [-0.2, 0) is 27.2 Å². The summed E-state index contributed by atoms with van der Waals surface area (Å²) in [6.45, 7) is 6.68. The van der Waals surface area contributed by atoms with Gasteiger partial charge in [0.05, 0.1) is 11.6 Å². The molecule has 0 radical (unpaired) electrons. The van der Waals surface area contributed by atoms with Crippen LogP contribution in [0.25, 0.3) is 0 Å². The number of alkyl carbamates (subject to hydrolysis) is 1. The number of aliphatic hydroxyl groups is 1. The molecule has 4 N–H and O–H groups in total. The number of carboxylic acid groups (broad SMARTS) is 1. The Morgan fingerprint density at radius 1 is 1.12 bits per heavy atom. The number of benzene rings is 1. The second-order valence-corrected chi connectivity index (χ2v) is 13.2. The monoisotopic (exact) mass is 620 g/mol. The molecule has 5 atom stereocenters. The highest BCUT2D eigenvalue weighted by Gasteiger charge is 2.47. The molecule has 1 amide bonds. The first-order valence-corrected chi connectivity index (χ1v) is 16.7. The van der Waals surface area contributed by atoms with Gasteiger partial charge in [-0.2, -0.15) is 12.6 Å². The number of carbonyl (C=O) groups excluding carboxylic acids is 2. The first-order valence-electron chi connectivity index (χ1n) is 16.0. The van der Waals surface area contributed by atoms with Gasteiger partial charge in [-0.25, -0.2) is 9.59 Å². The van der Waals surface area contributed by atoms with Crippen LogP contribution in [0.4, 0.5) is 4.79 Å². The van der Waals surface area contributed by atoms with E-state index in [1.54, 1.807) is 13.8 Å². The third-order valence-corrected chi connectivity index (χ3v) is 9.28. The molecule has 0 heterocycles. The molecule has 0 unspecified atom stereocenters. The Morgan fingerprint density at radius 2 is 1.91 bits per heavy atom. The molecule has 0 aliphatic heterocycles. The number of carbonyl (C=O) groups is 3. The van der Waals surface area contributed by atoms with Gasteiger partial charge in [0.15, 0.2) is 12.4 Å². The highest BCUT2D eigenvalue weighted by atomic mass is 32.1. The Kier molecular flexibility index (Phi) is 14.1. The number of thiol groups is 1. The number of hydrogen-bond acceptors (Lipinski definition) is 8. The second-order valence-electron chi connectivity index (χ2n) is 12.7. The van der Waals surface area contributed by atoms with E-state index in [1.165, 1.54) is 0 Å². The lowest BCUT2D eigenvalue weighted by Gasteiger charge is -2.33. The van der Waals surface area contributed by atoms with Crippen molar-refractivity contribution in [1.82, 2.24) is 10.6 Å². The van der Waals surface area contributed by atoms with Crippen molar-refractivity contribution in [2.75, 3.05) is 25.4 Å². The van der Waals surface area contributed by atoms with Crippen molar-refractivity contribution < 1.29 is 34.1 Å². The molecule has 43 heavy (non-hydrogen) atoms. The molecule has 1 saturated carbocycles. The minimum Gasteiger partial charge on any atom is -0.482 e. The number of hydrogen-bond donors (Lipinski definition) is 5. The molecule has 0 saturated heterocycles. The maximum atomic E-state index is 13.2. The number of aliphatic carboxylic acids is 1. The van der Waals surface area contributed by atoms with Crippen LogP contribution in [0.2, 0.25) is 0 Å². The molecule has 3 rings (SSSR count). The van der Waals surface area contributed by atoms with E-state index in [4.69, 9.17) is 14.6 Å². The number of Topliss-reactive ketones (excluding diaryl/α,β-unsaturated/α-hetero) is 1. The van der Waals surface area contributed by atoms with Crippen molar-refractivity contribution in [3.8, 4) is 5.75 Å². The number of aliphatic hydroxyl groups excluding tert-OH is 1. The van der Waals surface area contributed by atoms with Crippen LogP contribution in [0.15, 0.2) is 18.2 Å². The zero-order valence-corrected chi connectivity index (χ0v) is 27.0. The van der Waals surface area contributed by atoms with E-state index in [0.717, 1.165) is 74.9 Å². The largest absolute Gasteiger partial charge is 0.482 e. The first-order chi connectivity index (χ1) is 20.6. The Balaban J connectivity index is 1.68. The van der Waals surface area contributed by atoms with Gasteiger partial charge < -0.3 is 30.3 Å². The Morgan fingerprint density at radius 3 is 2.63 bits per heavy atom. The lowest BCUT2D eigenvalue weighted by molar-refractivity contribution is -0.139. The molecule has 0 spiro atoms. The van der Waals surface area contributed by atoms with Crippen molar-refractivity contribution in [1.29, 1.82) is 0 Å². The second kappa shape index (κ2) is 17.3. The third kappa shape index (κ3) is 10.7. The van der Waals surface area contributed by atoms with Gasteiger partial charge in [0.1, 0.15) is 11.9 Å². The maximum Gasteiger partial charge on any atom is 0.408 e. The topological polar surface area (TPSA) is 134 Å². The summed E-state index contributed by atoms with van der Waals surface area (Å²) in [6.07, 6.45) is 7.27. The van der Waals surface area contributed by atoms with Gasteiger partial charge in [0, 0.05) is 18.7 Å². The Hall–Kier alpha value is -2.30. The van der Waals surface area contributed by atoms with Crippen LogP contribution in [0.1, 0.15) is 89.7 Å². The normalized spacial score (nSPS) is 21.9. The van der Waals surface area contributed by atoms with E-state index < -0.39 is 24.2 Å². The minimum absolute atomic E-state index is 0.0479. The summed E-state index contributed by atoms with van der Waals surface area (Å²) in [4.78, 5) is 37.2. The first kappa shape index (κ1) is 35.2. The third-order valence-electron chi connectivity index (χ3n) is 9.06. The van der Waals surface area contributed by atoms with Gasteiger partial charge in [0.25, 0.3) is 0 Å². The number of fused-ring (bicyclic) bond motifs is 2. The minimum atomic E-state index is -1.05. The number of unbranched alkanes of at least 4 members (excludes halogenated alkanes) is 2. The Bertz CT molecular complexity index is 1070. The number of nitrogens with one attached hydrogen (secondary N) is 2. The molecule has 1 aromatic carbocycles. The fourth-order valence-electron chi connectivity index (χ4n) is 6.73. The van der Waals surface area contributed by atoms with Gasteiger partial charge in [-0.1, -0.05) is 38.3 Å². The van der Waals surface area contributed by atoms with E-state index in [1.807, 2.05) is 12.1 Å². The highest BCUT2D eigenvalue weighted by molar-refractivity contribution is 7.80. The molecule has 9 nitrogen and oxygen atoms in total. The van der Waals surface area contributed by atoms with E-state index >= 15 is 0 Å². The predicted octanol–water partition coefficient (Wildman–Crippen LogP) is 4.96. The zero-order valence-electron chi connectivity index (χ0n) is 26.1. The van der Waals surface area contributed by atoms with Crippen LogP contribution in [-0.4, -0.2) is 71.3 Å². The summed E-state index contributed by atoms with van der Waals surface area (Å²) in [5.41, 5.74) is 1.12. The van der Waals surface area contributed by atoms with Crippen molar-refractivity contribution in [3.63, 3.8) is 0 Å². The van der Waals surface area contributed by atoms with Gasteiger partial charge in [-0.05, 0) is 100 Å². The molecule has 2 aliphatic rings. The Labute approximate surface area is 262 Å². The summed E-state index contributed by atoms with van der Waals surface area (Å²) >= 11 is 4.17. The van der Waals surface area contributed by atoms with Crippen molar-refractivity contribution in [2.24, 2.45) is 17.8 Å². The van der Waals surface area contributed by atoms with Crippen molar-refractivity contribution >= 4 is 30.5 Å². The van der Waals surface area contributed by atoms with Gasteiger partial charge in [-0.15, -0.1) is 0 Å². The number of amides is 1. The average molecular weight is 621 g/mol. The highest BCUT2D eigenvalue weighted by Crippen LogP contribution is 2.49. The van der Waals surface area contributed by atoms with Crippen molar-refractivity contribution in [3.05, 3.63) is 29.3 Å². The van der Waals surface area contributed by atoms with Crippen molar-refractivity contribution in [2.45, 2.75) is 109 Å². The van der Waals surface area contributed by atoms with Crippen LogP contribution < -0.4 is 15.4 Å². The quantitative estimate of drug-likeness (QED) is 0.108. The molecule has 1 aromatic rings. The predicted molar refractivity (Wildman–Crippen MR) is 170 cm³/mol. The molecule has 242 valence electrons. The van der Waals surface area contributed by atoms with Gasteiger partial charge in [-0.3, -0.25) is 4.79 Å². The lowest BCUT2D eigenvalue weighted by atomic mass is 9.73. The summed E-state index contributed by atoms with van der Waals surface area (Å²) in [7, 11) is 0. The summed E-state index contributed by atoms with van der Waals surface area (Å²) in [6, 6.07) is 5.78. The summed E-state index contributed by atoms with van der Waals surface area (Å²) in [5, 5.41) is 25.9. The number of carboxylic acids is 1. The number of ether oxygens (including phenoxy) is 2. The van der Waals surface area contributed by atoms with Crippen LogP contribution >= 0.6 is 12.6 Å². The standard InChI is InChI=1S/C33H52N2O7S/c1-4-5-6-10-24(36)13-14-25-26-18-22-9-7-11-28(41-21-31(38)39)27(22)19-23(26)20-29(25)42-32(40)35-33(2,3)30(37)12-8-15-34-16-17-43/h7,9,11,23-26,29,34,36,43H,4-6,8,10,12-21H2,1-3H3,(H,35,40)(H,38,39)/t23-,24-,25+,26-,29+/m0/s1. The summed E-state index contributed by atoms with van der Waals surface area (Å²) in [5.74, 6) is 0.850. The smallest absolute Gasteiger partial charge is 0.408 e. The van der Waals surface area contributed by atoms with Crippen LogP contribution in [0, 0.1) is 17.8 Å². The fraction of sp³-hybridized carbons (Fsp3) is 0.727. The molecular formula is C33H52N2O7S. The van der Waals surface area contributed by atoms with Crippen LogP contribution in [0.5, 0.6) is 5.75 Å². The van der Waals surface area contributed by atoms with Gasteiger partial charge in [0.2, 0.25) is 0 Å². The fourth-order valence-corrected chi connectivity index (χ4v) is 6.89. The van der Waals surface area contributed by atoms with E-state index in [2.05, 4.69) is 36.3 Å². The molecule has 0 bridgehead atoms. The van der Waals surface area contributed by atoms with E-state index in [-0.39, 0.29) is 35.7 Å². The lowest BCUT2D eigenvalue weighted by Crippen LogP contribution is -2.50. The van der Waals surface area contributed by atoms with E-state index in [0.29, 0.717) is 31.4 Å². The number of rotatable bonds is 19. The van der Waals surface area contributed by atoms with E-state index in [9.17, 15) is 19.5 Å². The zero-order chi connectivity index (χ0) is 31.4. The molecule has 0 aromatic heterocycles. The number of ketones is 1. The van der Waals surface area contributed by atoms with Gasteiger partial charge >= 0.3 is 12.1 Å². The molecule has 1 fully saturated rings. The molecular weight excluding hydrogens is 568 g/mol.